The first-order valence-electron chi connectivity index (χ1n) is 5.68. The fourth-order valence-electron chi connectivity index (χ4n) is 1.12. The fourth-order valence-corrected chi connectivity index (χ4v) is 1.12. The molecular weight excluding hydrogens is 198 g/mol. The van der Waals surface area contributed by atoms with Crippen molar-refractivity contribution < 1.29 is 27.1 Å². The average Bonchev–Trinajstić information content (AvgIpc) is 2.35. The molecule has 1 rings (SSSR count). The van der Waals surface area contributed by atoms with E-state index in [1.54, 1.807) is 6.07 Å². The topological polar surface area (TPSA) is 81.3 Å². The van der Waals surface area contributed by atoms with Crippen molar-refractivity contribution in [3.8, 4) is 0 Å². The molecule has 5 nitrogen and oxygen atoms in total. The second-order valence-electron chi connectivity index (χ2n) is 2.83. The van der Waals surface area contributed by atoms with Crippen LogP contribution in [0.25, 0.3) is 1.43 Å². The summed E-state index contributed by atoms with van der Waals surface area (Å²) in [6.07, 6.45) is 0.992. The summed E-state index contributed by atoms with van der Waals surface area (Å²) in [6, 6.07) is 4.55. The van der Waals surface area contributed by atoms with Crippen molar-refractivity contribution in [3.63, 3.8) is 0 Å². The van der Waals surface area contributed by atoms with Crippen molar-refractivity contribution in [1.82, 2.24) is 0 Å². The molecule has 1 heterocycles. The van der Waals surface area contributed by atoms with Crippen molar-refractivity contribution >= 4 is 11.9 Å². The molecule has 1 aromatic heterocycles. The maximum atomic E-state index is 11.2. The van der Waals surface area contributed by atoms with Crippen molar-refractivity contribution in [2.75, 3.05) is 0 Å². The Morgan fingerprint density at radius 1 is 1.60 bits per heavy atom. The van der Waals surface area contributed by atoms with Gasteiger partial charge in [-0.05, 0) is 6.42 Å². The van der Waals surface area contributed by atoms with E-state index in [0.29, 0.717) is 0 Å². The lowest BCUT2D eigenvalue weighted by Gasteiger charge is -2.02. The van der Waals surface area contributed by atoms with Crippen LogP contribution in [0.1, 0.15) is 14.9 Å². The van der Waals surface area contributed by atoms with Gasteiger partial charge in [-0.15, -0.1) is 0 Å². The molecule has 15 heavy (non-hydrogen) atoms. The summed E-state index contributed by atoms with van der Waals surface area (Å²) in [4.78, 5) is 21.6. The van der Waals surface area contributed by atoms with E-state index in [-0.39, 0.29) is 18.5 Å². The van der Waals surface area contributed by atoms with Gasteiger partial charge in [-0.3, -0.25) is 0 Å². The van der Waals surface area contributed by atoms with Crippen LogP contribution < -0.4 is 9.67 Å². The van der Waals surface area contributed by atoms with Gasteiger partial charge in [0, 0.05) is 24.5 Å². The van der Waals surface area contributed by atoms with Gasteiger partial charge in [-0.25, -0.2) is 4.79 Å². The summed E-state index contributed by atoms with van der Waals surface area (Å²) in [5, 5.41) is 14.0. The SMILES string of the molecule is [2H]OC(=O)C([2H])([2H])[n+]1ccccc1CCC(=O)[O-]. The van der Waals surface area contributed by atoms with Crippen molar-refractivity contribution in [3.05, 3.63) is 30.1 Å². The summed E-state index contributed by atoms with van der Waals surface area (Å²) < 4.78 is 22.5. The van der Waals surface area contributed by atoms with E-state index in [0.717, 1.165) is 4.57 Å². The van der Waals surface area contributed by atoms with Gasteiger partial charge in [-0.2, -0.15) is 4.57 Å². The Bertz CT molecular complexity index is 464. The third kappa shape index (κ3) is 3.76. The Balaban J connectivity index is 3.08. The molecule has 0 aromatic carbocycles. The van der Waals surface area contributed by atoms with Crippen LogP contribution in [0.2, 0.25) is 0 Å². The maximum Gasteiger partial charge on any atom is 0.370 e. The van der Waals surface area contributed by atoms with E-state index in [1.165, 1.54) is 18.3 Å². The molecule has 0 aliphatic heterocycles. The Morgan fingerprint density at radius 2 is 2.40 bits per heavy atom. The molecule has 0 fully saturated rings. The van der Waals surface area contributed by atoms with Gasteiger partial charge in [0.2, 0.25) is 6.50 Å². The van der Waals surface area contributed by atoms with Gasteiger partial charge in [0.1, 0.15) is 2.74 Å². The summed E-state index contributed by atoms with van der Waals surface area (Å²) in [5.41, 5.74) is 0.289. The molecule has 80 valence electrons. The maximum absolute atomic E-state index is 11.2. The van der Waals surface area contributed by atoms with E-state index in [2.05, 4.69) is 5.11 Å². The summed E-state index contributed by atoms with van der Waals surface area (Å²) in [7, 11) is 0. The van der Waals surface area contributed by atoms with Crippen LogP contribution in [-0.2, 0) is 22.5 Å². The van der Waals surface area contributed by atoms with E-state index in [4.69, 9.17) is 4.17 Å². The number of rotatable bonds is 5. The minimum absolute atomic E-state index is 0.00790. The quantitative estimate of drug-likeness (QED) is 0.618. The number of aryl methyl sites for hydroxylation is 1. The number of hydrogen-bond donors (Lipinski definition) is 1. The highest BCUT2D eigenvalue weighted by Gasteiger charge is 2.12. The lowest BCUT2D eigenvalue weighted by atomic mass is 10.2. The molecule has 0 saturated carbocycles. The van der Waals surface area contributed by atoms with Crippen LogP contribution in [0.4, 0.5) is 0 Å². The van der Waals surface area contributed by atoms with E-state index in [9.17, 15) is 14.7 Å². The lowest BCUT2D eigenvalue weighted by molar-refractivity contribution is -0.693. The molecule has 0 radical (unpaired) electrons. The van der Waals surface area contributed by atoms with Gasteiger partial charge < -0.3 is 15.0 Å². The van der Waals surface area contributed by atoms with Crippen molar-refractivity contribution in [2.45, 2.75) is 19.3 Å². The third-order valence-corrected chi connectivity index (χ3v) is 1.74. The monoisotopic (exact) mass is 212 g/mol. The highest BCUT2D eigenvalue weighted by Crippen LogP contribution is 1.96. The zero-order valence-electron chi connectivity index (χ0n) is 10.8. The zero-order chi connectivity index (χ0) is 13.8. The Kier molecular flexibility index (Phi) is 2.51. The number of aromatic nitrogens is 1. The van der Waals surface area contributed by atoms with E-state index in [1.807, 2.05) is 0 Å². The van der Waals surface area contributed by atoms with Crippen molar-refractivity contribution in [1.29, 1.82) is 1.43 Å². The highest BCUT2D eigenvalue weighted by atomic mass is 16.4. The van der Waals surface area contributed by atoms with Crippen molar-refractivity contribution in [2.24, 2.45) is 0 Å². The Labute approximate surface area is 90.9 Å². The predicted molar refractivity (Wildman–Crippen MR) is 47.6 cm³/mol. The molecule has 1 aromatic rings. The van der Waals surface area contributed by atoms with E-state index >= 15 is 0 Å². The van der Waals surface area contributed by atoms with Gasteiger partial charge in [0.15, 0.2) is 11.9 Å². The molecule has 0 saturated heterocycles. The average molecular weight is 212 g/mol. The van der Waals surface area contributed by atoms with Gasteiger partial charge >= 0.3 is 5.97 Å². The summed E-state index contributed by atoms with van der Waals surface area (Å²) in [6.45, 7) is -2.57. The molecule has 5 heteroatoms. The largest absolute Gasteiger partial charge is 0.550 e. The standard InChI is InChI=1S/C10H11NO4/c12-9(13)5-4-8-3-1-2-6-11(8)7-10(14)15/h1-3,6H,4-5,7H2,(H-,12,13,14,15)/i7D2/hD. The zero-order valence-corrected chi connectivity index (χ0v) is 7.80. The second-order valence-corrected chi connectivity index (χ2v) is 2.83. The van der Waals surface area contributed by atoms with Gasteiger partial charge in [-0.1, -0.05) is 6.07 Å². The first-order valence-corrected chi connectivity index (χ1v) is 4.27. The number of nitrogens with zero attached hydrogens (tertiary/aromatic N) is 1. The van der Waals surface area contributed by atoms with Crippen LogP contribution in [-0.4, -0.2) is 17.0 Å². The lowest BCUT2D eigenvalue weighted by Crippen LogP contribution is -2.42. The molecule has 0 spiro atoms. The molecule has 0 bridgehead atoms. The first-order chi connectivity index (χ1) is 8.39. The number of carbonyl (C=O) groups is 2. The van der Waals surface area contributed by atoms with Gasteiger partial charge in [0.25, 0.3) is 1.43 Å². The summed E-state index contributed by atoms with van der Waals surface area (Å²) >= 11 is 0. The first kappa shape index (κ1) is 7.39. The van der Waals surface area contributed by atoms with E-state index < -0.39 is 18.4 Å². The molecule has 1 N–H and O–H groups in total. The number of hydrogen-bond acceptors (Lipinski definition) is 4. The number of carbonyl (C=O) groups excluding carboxylic acids is 1. The second kappa shape index (κ2) is 5.09. The molecule has 0 unspecified atom stereocenters. The smallest absolute Gasteiger partial charge is 0.370 e. The molecule has 0 atom stereocenters. The number of carboxylic acid groups (broad SMARTS) is 2. The van der Waals surface area contributed by atoms with Crippen LogP contribution in [0, 0.1) is 0 Å². The number of pyridine rings is 1. The van der Waals surface area contributed by atoms with Crippen LogP contribution in [0.3, 0.4) is 0 Å². The van der Waals surface area contributed by atoms with Gasteiger partial charge in [0.05, 0.1) is 0 Å². The minimum Gasteiger partial charge on any atom is -0.550 e. The normalized spacial score (nSPS) is 13.5. The third-order valence-electron chi connectivity index (χ3n) is 1.74. The summed E-state index contributed by atoms with van der Waals surface area (Å²) in [5.74, 6) is -2.65. The minimum atomic E-state index is -2.57. The van der Waals surface area contributed by atoms with Crippen LogP contribution >= 0.6 is 0 Å². The highest BCUT2D eigenvalue weighted by molar-refractivity contribution is 5.65. The Morgan fingerprint density at radius 3 is 3.07 bits per heavy atom. The number of aliphatic carboxylic acids is 2. The molecule has 0 aliphatic rings. The molecule has 0 amide bonds. The number of carboxylic acids is 2. The molecular formula is C10H11NO4. The van der Waals surface area contributed by atoms with Crippen LogP contribution in [0.15, 0.2) is 24.4 Å². The fraction of sp³-hybridized carbons (Fsp3) is 0.300. The molecule has 0 aliphatic carbocycles. The Hall–Kier alpha value is -1.91. The predicted octanol–water partition coefficient (Wildman–Crippen LogP) is -1.26. The van der Waals surface area contributed by atoms with Crippen LogP contribution in [0.5, 0.6) is 0 Å².